The number of pyridine rings is 1. The van der Waals surface area contributed by atoms with Crippen LogP contribution >= 0.6 is 0 Å². The van der Waals surface area contributed by atoms with Crippen molar-refractivity contribution in [2.24, 2.45) is 11.8 Å². The molecule has 0 radical (unpaired) electrons. The van der Waals surface area contributed by atoms with E-state index in [-0.39, 0.29) is 10.8 Å². The molecule has 0 aliphatic carbocycles. The summed E-state index contributed by atoms with van der Waals surface area (Å²) in [4.78, 5) is 3.91. The van der Waals surface area contributed by atoms with Gasteiger partial charge in [0.25, 0.3) is 0 Å². The normalized spacial score (nSPS) is 13.9. The van der Waals surface area contributed by atoms with Gasteiger partial charge in [-0.1, -0.05) is 20.8 Å². The summed E-state index contributed by atoms with van der Waals surface area (Å²) >= 11 is 0. The van der Waals surface area contributed by atoms with Gasteiger partial charge < -0.3 is 5.73 Å². The molecule has 0 aliphatic rings. The molecule has 0 aromatic carbocycles. The Balaban J connectivity index is 2.72. The molecule has 1 rings (SSSR count). The molecule has 1 aromatic heterocycles. The van der Waals surface area contributed by atoms with Crippen LogP contribution in [-0.4, -0.2) is 19.9 Å². The van der Waals surface area contributed by atoms with Gasteiger partial charge in [-0.3, -0.25) is 0 Å². The van der Waals surface area contributed by atoms with E-state index in [4.69, 9.17) is 5.73 Å². The molecule has 96 valence electrons. The molecule has 1 unspecified atom stereocenters. The van der Waals surface area contributed by atoms with Crippen molar-refractivity contribution < 1.29 is 8.42 Å². The van der Waals surface area contributed by atoms with Crippen LogP contribution in [0.5, 0.6) is 0 Å². The summed E-state index contributed by atoms with van der Waals surface area (Å²) in [6, 6.07) is 2.92. The first-order chi connectivity index (χ1) is 7.83. The Hall–Kier alpha value is -1.14. The predicted octanol–water partition coefficient (Wildman–Crippen LogP) is 1.23. The first kappa shape index (κ1) is 13.9. The number of nitrogens with one attached hydrogen (secondary N) is 1. The Bertz CT molecular complexity index is 454. The highest BCUT2D eigenvalue weighted by Crippen LogP contribution is 2.11. The second kappa shape index (κ2) is 5.46. The zero-order chi connectivity index (χ0) is 13.1. The summed E-state index contributed by atoms with van der Waals surface area (Å²) in [6.07, 6.45) is 1.26. The maximum Gasteiger partial charge on any atom is 0.242 e. The number of rotatable bonds is 5. The summed E-state index contributed by atoms with van der Waals surface area (Å²) < 4.78 is 26.3. The smallest absolute Gasteiger partial charge is 0.242 e. The van der Waals surface area contributed by atoms with Crippen LogP contribution in [0.3, 0.4) is 0 Å². The standard InChI is InChI=1S/C11H19N3O2S/c1-8(2)9(3)6-14-17(15,16)10-4-5-11(12)13-7-10/h4-5,7-9,14H,6H2,1-3H3,(H2,12,13). The van der Waals surface area contributed by atoms with Crippen molar-refractivity contribution in [2.45, 2.75) is 25.7 Å². The molecule has 17 heavy (non-hydrogen) atoms. The highest BCUT2D eigenvalue weighted by atomic mass is 32.2. The second-order valence-corrected chi connectivity index (χ2v) is 6.26. The Morgan fingerprint density at radius 3 is 2.47 bits per heavy atom. The summed E-state index contributed by atoms with van der Waals surface area (Å²) in [6.45, 7) is 6.55. The SMILES string of the molecule is CC(C)C(C)CNS(=O)(=O)c1ccc(N)nc1. The molecule has 0 bridgehead atoms. The third-order valence-electron chi connectivity index (χ3n) is 2.80. The van der Waals surface area contributed by atoms with Crippen molar-refractivity contribution in [1.82, 2.24) is 9.71 Å². The van der Waals surface area contributed by atoms with E-state index in [1.165, 1.54) is 18.3 Å². The van der Waals surface area contributed by atoms with Gasteiger partial charge in [-0.15, -0.1) is 0 Å². The zero-order valence-electron chi connectivity index (χ0n) is 10.3. The van der Waals surface area contributed by atoms with E-state index in [0.717, 1.165) is 0 Å². The van der Waals surface area contributed by atoms with Crippen LogP contribution in [0.25, 0.3) is 0 Å². The summed E-state index contributed by atoms with van der Waals surface area (Å²) in [5.41, 5.74) is 5.41. The lowest BCUT2D eigenvalue weighted by atomic mass is 9.99. The molecule has 6 heteroatoms. The van der Waals surface area contributed by atoms with E-state index >= 15 is 0 Å². The molecule has 0 spiro atoms. The van der Waals surface area contributed by atoms with Crippen LogP contribution in [0.2, 0.25) is 0 Å². The average molecular weight is 257 g/mol. The first-order valence-electron chi connectivity index (χ1n) is 5.54. The molecule has 0 fully saturated rings. The first-order valence-corrected chi connectivity index (χ1v) is 7.02. The lowest BCUT2D eigenvalue weighted by Crippen LogP contribution is -2.30. The van der Waals surface area contributed by atoms with E-state index in [1.807, 2.05) is 6.92 Å². The quantitative estimate of drug-likeness (QED) is 0.831. The number of aromatic nitrogens is 1. The highest BCUT2D eigenvalue weighted by molar-refractivity contribution is 7.89. The fraction of sp³-hybridized carbons (Fsp3) is 0.545. The molecule has 1 atom stereocenters. The van der Waals surface area contributed by atoms with E-state index in [1.54, 1.807) is 0 Å². The number of nitrogen functional groups attached to an aromatic ring is 1. The van der Waals surface area contributed by atoms with Gasteiger partial charge >= 0.3 is 0 Å². The predicted molar refractivity (Wildman–Crippen MR) is 67.8 cm³/mol. The number of hydrogen-bond donors (Lipinski definition) is 2. The maximum atomic E-state index is 11.9. The van der Waals surface area contributed by atoms with Gasteiger partial charge in [0.15, 0.2) is 0 Å². The van der Waals surface area contributed by atoms with Gasteiger partial charge in [0, 0.05) is 12.7 Å². The molecule has 0 saturated carbocycles. The van der Waals surface area contributed by atoms with Gasteiger partial charge in [-0.25, -0.2) is 18.1 Å². The lowest BCUT2D eigenvalue weighted by Gasteiger charge is -2.16. The second-order valence-electron chi connectivity index (χ2n) is 4.49. The number of nitrogens with zero attached hydrogens (tertiary/aromatic N) is 1. The van der Waals surface area contributed by atoms with Crippen LogP contribution < -0.4 is 10.5 Å². The minimum absolute atomic E-state index is 0.141. The molecular weight excluding hydrogens is 238 g/mol. The van der Waals surface area contributed by atoms with Gasteiger partial charge in [-0.05, 0) is 24.0 Å². The van der Waals surface area contributed by atoms with Gasteiger partial charge in [0.05, 0.1) is 0 Å². The monoisotopic (exact) mass is 257 g/mol. The van der Waals surface area contributed by atoms with Crippen molar-refractivity contribution >= 4 is 15.8 Å². The van der Waals surface area contributed by atoms with Crippen molar-refractivity contribution in [1.29, 1.82) is 0 Å². The summed E-state index contributed by atoms with van der Waals surface area (Å²) in [7, 11) is -3.47. The van der Waals surface area contributed by atoms with Crippen molar-refractivity contribution in [3.63, 3.8) is 0 Å². The Kier molecular flexibility index (Phi) is 4.47. The van der Waals surface area contributed by atoms with Crippen LogP contribution in [-0.2, 0) is 10.0 Å². The Morgan fingerprint density at radius 2 is 2.00 bits per heavy atom. The van der Waals surface area contributed by atoms with Gasteiger partial charge in [0.2, 0.25) is 10.0 Å². The van der Waals surface area contributed by atoms with E-state index in [2.05, 4.69) is 23.6 Å². The number of hydrogen-bond acceptors (Lipinski definition) is 4. The molecule has 5 nitrogen and oxygen atoms in total. The largest absolute Gasteiger partial charge is 0.384 e. The highest BCUT2D eigenvalue weighted by Gasteiger charge is 2.16. The minimum Gasteiger partial charge on any atom is -0.384 e. The van der Waals surface area contributed by atoms with E-state index in [0.29, 0.717) is 18.3 Å². The van der Waals surface area contributed by atoms with Crippen LogP contribution in [0, 0.1) is 11.8 Å². The maximum absolute atomic E-state index is 11.9. The topological polar surface area (TPSA) is 85.1 Å². The third kappa shape index (κ3) is 3.98. The molecule has 1 aromatic rings. The molecule has 0 amide bonds. The molecular formula is C11H19N3O2S. The van der Waals surface area contributed by atoms with Crippen LogP contribution in [0.15, 0.2) is 23.2 Å². The summed E-state index contributed by atoms with van der Waals surface area (Å²) in [5.74, 6) is 1.02. The Morgan fingerprint density at radius 1 is 1.35 bits per heavy atom. The summed E-state index contributed by atoms with van der Waals surface area (Å²) in [5, 5.41) is 0. The minimum atomic E-state index is -3.47. The van der Waals surface area contributed by atoms with E-state index in [9.17, 15) is 8.42 Å². The fourth-order valence-corrected chi connectivity index (χ4v) is 2.20. The molecule has 0 saturated heterocycles. The lowest BCUT2D eigenvalue weighted by molar-refractivity contribution is 0.414. The van der Waals surface area contributed by atoms with Crippen LogP contribution in [0.1, 0.15) is 20.8 Å². The van der Waals surface area contributed by atoms with E-state index < -0.39 is 10.0 Å². The molecule has 3 N–H and O–H groups in total. The van der Waals surface area contributed by atoms with Crippen molar-refractivity contribution in [2.75, 3.05) is 12.3 Å². The fourth-order valence-electron chi connectivity index (χ4n) is 1.11. The van der Waals surface area contributed by atoms with Gasteiger partial charge in [-0.2, -0.15) is 0 Å². The van der Waals surface area contributed by atoms with Crippen LogP contribution in [0.4, 0.5) is 5.82 Å². The third-order valence-corrected chi connectivity index (χ3v) is 4.21. The average Bonchev–Trinajstić information content (AvgIpc) is 2.26. The zero-order valence-corrected chi connectivity index (χ0v) is 11.2. The van der Waals surface area contributed by atoms with Crippen molar-refractivity contribution in [3.05, 3.63) is 18.3 Å². The number of sulfonamides is 1. The van der Waals surface area contributed by atoms with Crippen molar-refractivity contribution in [3.8, 4) is 0 Å². The Labute approximate surface area is 102 Å². The number of anilines is 1. The number of nitrogens with two attached hydrogens (primary N) is 1. The molecule has 1 heterocycles. The molecule has 0 aliphatic heterocycles. The van der Waals surface area contributed by atoms with Gasteiger partial charge in [0.1, 0.15) is 10.7 Å².